The van der Waals surface area contributed by atoms with Crippen molar-refractivity contribution in [1.29, 1.82) is 0 Å². The van der Waals surface area contributed by atoms with E-state index in [1.165, 1.54) is 0 Å². The molecule has 1 aliphatic rings. The van der Waals surface area contributed by atoms with Crippen LogP contribution in [0.2, 0.25) is 0 Å². The molecule has 1 amide bonds. The summed E-state index contributed by atoms with van der Waals surface area (Å²) >= 11 is 0. The zero-order valence-electron chi connectivity index (χ0n) is 12.4. The summed E-state index contributed by atoms with van der Waals surface area (Å²) in [4.78, 5) is 23.8. The summed E-state index contributed by atoms with van der Waals surface area (Å²) in [5, 5.41) is 15.3. The van der Waals surface area contributed by atoms with Crippen LogP contribution in [-0.4, -0.2) is 35.1 Å². The average molecular weight is 270 g/mol. The number of carboxylic acids is 1. The molecule has 1 aliphatic heterocycles. The SMILES string of the molecule is CCC(CC)(NC(=O)C1NCCCC1(C)C)C(=O)O. The van der Waals surface area contributed by atoms with Crippen LogP contribution in [0, 0.1) is 5.41 Å². The minimum Gasteiger partial charge on any atom is -0.480 e. The first kappa shape index (κ1) is 16.0. The highest BCUT2D eigenvalue weighted by molar-refractivity contribution is 5.90. The maximum absolute atomic E-state index is 12.4. The molecule has 1 atom stereocenters. The zero-order valence-corrected chi connectivity index (χ0v) is 12.4. The molecule has 0 saturated carbocycles. The molecule has 19 heavy (non-hydrogen) atoms. The fraction of sp³-hybridized carbons (Fsp3) is 0.857. The molecular formula is C14H26N2O3. The Bertz CT molecular complexity index is 349. The summed E-state index contributed by atoms with van der Waals surface area (Å²) in [6.45, 7) is 8.47. The number of nitrogens with one attached hydrogen (secondary N) is 2. The van der Waals surface area contributed by atoms with Crippen molar-refractivity contribution < 1.29 is 14.7 Å². The number of carbonyl (C=O) groups is 2. The molecule has 0 radical (unpaired) electrons. The number of carboxylic acid groups (broad SMARTS) is 1. The lowest BCUT2D eigenvalue weighted by Crippen LogP contribution is -2.62. The fourth-order valence-corrected chi connectivity index (χ4v) is 2.75. The second-order valence-electron chi connectivity index (χ2n) is 6.06. The Hall–Kier alpha value is -1.10. The van der Waals surface area contributed by atoms with Gasteiger partial charge in [-0.1, -0.05) is 27.7 Å². The quantitative estimate of drug-likeness (QED) is 0.708. The Morgan fingerprint density at radius 2 is 1.95 bits per heavy atom. The third kappa shape index (κ3) is 3.26. The third-order valence-corrected chi connectivity index (χ3v) is 4.37. The first-order valence-electron chi connectivity index (χ1n) is 7.08. The maximum Gasteiger partial charge on any atom is 0.329 e. The molecule has 110 valence electrons. The second kappa shape index (κ2) is 5.90. The van der Waals surface area contributed by atoms with E-state index in [0.29, 0.717) is 12.8 Å². The van der Waals surface area contributed by atoms with Crippen LogP contribution in [-0.2, 0) is 9.59 Å². The number of hydrogen-bond acceptors (Lipinski definition) is 3. The van der Waals surface area contributed by atoms with Crippen LogP contribution in [0.3, 0.4) is 0 Å². The standard InChI is InChI=1S/C14H26N2O3/c1-5-14(6-2,12(18)19)16-11(17)10-13(3,4)8-7-9-15-10/h10,15H,5-9H2,1-4H3,(H,16,17)(H,18,19). The van der Waals surface area contributed by atoms with Gasteiger partial charge in [0.15, 0.2) is 0 Å². The molecule has 0 spiro atoms. The molecule has 5 nitrogen and oxygen atoms in total. The molecule has 1 saturated heterocycles. The molecule has 5 heteroatoms. The molecule has 0 aromatic rings. The number of carbonyl (C=O) groups excluding carboxylic acids is 1. The fourth-order valence-electron chi connectivity index (χ4n) is 2.75. The van der Waals surface area contributed by atoms with Crippen molar-refractivity contribution in [2.45, 2.75) is 65.0 Å². The first-order valence-corrected chi connectivity index (χ1v) is 7.08. The van der Waals surface area contributed by atoms with E-state index >= 15 is 0 Å². The normalized spacial score (nSPS) is 22.8. The van der Waals surface area contributed by atoms with Crippen LogP contribution < -0.4 is 10.6 Å². The van der Waals surface area contributed by atoms with Gasteiger partial charge in [-0.3, -0.25) is 4.79 Å². The van der Waals surface area contributed by atoms with Crippen molar-refractivity contribution in [3.8, 4) is 0 Å². The van der Waals surface area contributed by atoms with Gasteiger partial charge in [0.2, 0.25) is 5.91 Å². The molecule has 1 unspecified atom stereocenters. The molecule has 3 N–H and O–H groups in total. The van der Waals surface area contributed by atoms with Crippen molar-refractivity contribution in [3.63, 3.8) is 0 Å². The molecule has 1 fully saturated rings. The highest BCUT2D eigenvalue weighted by Gasteiger charge is 2.42. The van der Waals surface area contributed by atoms with Gasteiger partial charge in [-0.2, -0.15) is 0 Å². The molecule has 0 aliphatic carbocycles. The maximum atomic E-state index is 12.4. The topological polar surface area (TPSA) is 78.4 Å². The first-order chi connectivity index (χ1) is 8.79. The Labute approximate surface area is 115 Å². The minimum absolute atomic E-state index is 0.145. The summed E-state index contributed by atoms with van der Waals surface area (Å²) in [7, 11) is 0. The van der Waals surface area contributed by atoms with Crippen LogP contribution in [0.25, 0.3) is 0 Å². The van der Waals surface area contributed by atoms with Crippen molar-refractivity contribution >= 4 is 11.9 Å². The lowest BCUT2D eigenvalue weighted by Gasteiger charge is -2.40. The summed E-state index contributed by atoms with van der Waals surface area (Å²) < 4.78 is 0. The zero-order chi connectivity index (χ0) is 14.7. The van der Waals surface area contributed by atoms with E-state index in [1.54, 1.807) is 13.8 Å². The van der Waals surface area contributed by atoms with Gasteiger partial charge in [-0.05, 0) is 37.6 Å². The van der Waals surface area contributed by atoms with Gasteiger partial charge < -0.3 is 15.7 Å². The Morgan fingerprint density at radius 3 is 2.37 bits per heavy atom. The van der Waals surface area contributed by atoms with E-state index in [9.17, 15) is 14.7 Å². The van der Waals surface area contributed by atoms with E-state index in [-0.39, 0.29) is 17.4 Å². The average Bonchev–Trinajstić information content (AvgIpc) is 2.34. The lowest BCUT2D eigenvalue weighted by atomic mass is 9.76. The van der Waals surface area contributed by atoms with Crippen LogP contribution >= 0.6 is 0 Å². The van der Waals surface area contributed by atoms with Crippen molar-refractivity contribution in [1.82, 2.24) is 10.6 Å². The van der Waals surface area contributed by atoms with E-state index in [2.05, 4.69) is 10.6 Å². The van der Waals surface area contributed by atoms with Crippen molar-refractivity contribution in [2.24, 2.45) is 5.41 Å². The van der Waals surface area contributed by atoms with Gasteiger partial charge in [0.25, 0.3) is 0 Å². The smallest absolute Gasteiger partial charge is 0.329 e. The second-order valence-corrected chi connectivity index (χ2v) is 6.06. The largest absolute Gasteiger partial charge is 0.480 e. The van der Waals surface area contributed by atoms with Gasteiger partial charge >= 0.3 is 5.97 Å². The summed E-state index contributed by atoms with van der Waals surface area (Å²) in [6, 6.07) is -0.321. The van der Waals surface area contributed by atoms with Gasteiger partial charge in [0, 0.05) is 0 Å². The molecule has 0 aromatic heterocycles. The molecular weight excluding hydrogens is 244 g/mol. The van der Waals surface area contributed by atoms with Crippen molar-refractivity contribution in [2.75, 3.05) is 6.54 Å². The predicted molar refractivity (Wildman–Crippen MR) is 73.9 cm³/mol. The molecule has 1 heterocycles. The lowest BCUT2D eigenvalue weighted by molar-refractivity contribution is -0.149. The molecule has 0 bridgehead atoms. The summed E-state index contributed by atoms with van der Waals surface area (Å²) in [5.74, 6) is -1.16. The number of amides is 1. The van der Waals surface area contributed by atoms with E-state index in [1.807, 2.05) is 13.8 Å². The Balaban J connectivity index is 2.85. The Kier molecular flexibility index (Phi) is 4.96. The third-order valence-electron chi connectivity index (χ3n) is 4.37. The number of rotatable bonds is 5. The van der Waals surface area contributed by atoms with Gasteiger partial charge in [0.1, 0.15) is 5.54 Å². The van der Waals surface area contributed by atoms with Crippen LogP contribution in [0.1, 0.15) is 53.4 Å². The van der Waals surface area contributed by atoms with Gasteiger partial charge in [-0.25, -0.2) is 4.79 Å². The number of aliphatic carboxylic acids is 1. The van der Waals surface area contributed by atoms with Crippen LogP contribution in [0.4, 0.5) is 0 Å². The van der Waals surface area contributed by atoms with E-state index in [4.69, 9.17) is 0 Å². The highest BCUT2D eigenvalue weighted by atomic mass is 16.4. The summed E-state index contributed by atoms with van der Waals surface area (Å²) in [6.07, 6.45) is 2.79. The monoisotopic (exact) mass is 270 g/mol. The minimum atomic E-state index is -1.15. The Morgan fingerprint density at radius 1 is 1.37 bits per heavy atom. The highest BCUT2D eigenvalue weighted by Crippen LogP contribution is 2.30. The van der Waals surface area contributed by atoms with Gasteiger partial charge in [0.05, 0.1) is 6.04 Å². The number of hydrogen-bond donors (Lipinski definition) is 3. The van der Waals surface area contributed by atoms with Crippen molar-refractivity contribution in [3.05, 3.63) is 0 Å². The molecule has 1 rings (SSSR count). The van der Waals surface area contributed by atoms with Crippen LogP contribution in [0.5, 0.6) is 0 Å². The molecule has 0 aromatic carbocycles. The van der Waals surface area contributed by atoms with E-state index in [0.717, 1.165) is 19.4 Å². The van der Waals surface area contributed by atoms with Crippen LogP contribution in [0.15, 0.2) is 0 Å². The predicted octanol–water partition coefficient (Wildman–Crippen LogP) is 1.52. The number of piperidine rings is 1. The van der Waals surface area contributed by atoms with Gasteiger partial charge in [-0.15, -0.1) is 0 Å². The van der Waals surface area contributed by atoms with E-state index < -0.39 is 11.5 Å². The summed E-state index contributed by atoms with van der Waals surface area (Å²) in [5.41, 5.74) is -1.29.